The van der Waals surface area contributed by atoms with Crippen molar-refractivity contribution in [3.63, 3.8) is 0 Å². The van der Waals surface area contributed by atoms with Crippen LogP contribution in [0, 0.1) is 20.8 Å². The molecule has 1 unspecified atom stereocenters. The van der Waals surface area contributed by atoms with Crippen molar-refractivity contribution in [3.8, 4) is 0 Å². The molecule has 0 aliphatic rings. The maximum atomic E-state index is 5.63. The van der Waals surface area contributed by atoms with Gasteiger partial charge in [0.05, 0.1) is 22.4 Å². The van der Waals surface area contributed by atoms with E-state index >= 15 is 0 Å². The zero-order valence-corrected chi connectivity index (χ0v) is 11.7. The third kappa shape index (κ3) is 2.93. The second-order valence-electron chi connectivity index (χ2n) is 4.38. The smallest absolute Gasteiger partial charge is 0.0950 e. The fourth-order valence-electron chi connectivity index (χ4n) is 1.81. The van der Waals surface area contributed by atoms with E-state index in [1.54, 1.807) is 11.3 Å². The van der Waals surface area contributed by atoms with Crippen LogP contribution in [0.4, 0.5) is 0 Å². The van der Waals surface area contributed by atoms with Crippen LogP contribution in [0.3, 0.4) is 0 Å². The molecule has 0 bridgehead atoms. The molecule has 0 aliphatic carbocycles. The SMILES string of the molecule is Cc1cccc(C(Cc2nc(C)c(C)s2)NN)n1. The van der Waals surface area contributed by atoms with E-state index in [4.69, 9.17) is 5.84 Å². The molecule has 0 radical (unpaired) electrons. The van der Waals surface area contributed by atoms with Crippen molar-refractivity contribution in [3.05, 3.63) is 45.2 Å². The molecule has 0 amide bonds. The lowest BCUT2D eigenvalue weighted by Gasteiger charge is -2.14. The maximum absolute atomic E-state index is 5.63. The number of aromatic nitrogens is 2. The lowest BCUT2D eigenvalue weighted by Crippen LogP contribution is -2.30. The summed E-state index contributed by atoms with van der Waals surface area (Å²) in [6.45, 7) is 6.10. The Morgan fingerprint density at radius 1 is 1.28 bits per heavy atom. The molecule has 0 fully saturated rings. The normalized spacial score (nSPS) is 12.7. The fraction of sp³-hybridized carbons (Fsp3) is 0.385. The molecular formula is C13H18N4S. The zero-order chi connectivity index (χ0) is 13.1. The van der Waals surface area contributed by atoms with Gasteiger partial charge in [-0.25, -0.2) is 4.98 Å². The van der Waals surface area contributed by atoms with E-state index in [-0.39, 0.29) is 6.04 Å². The van der Waals surface area contributed by atoms with E-state index in [9.17, 15) is 0 Å². The van der Waals surface area contributed by atoms with E-state index in [0.29, 0.717) is 0 Å². The van der Waals surface area contributed by atoms with E-state index in [2.05, 4.69) is 22.3 Å². The van der Waals surface area contributed by atoms with Gasteiger partial charge in [-0.05, 0) is 32.9 Å². The monoisotopic (exact) mass is 262 g/mol. The van der Waals surface area contributed by atoms with Crippen LogP contribution in [0.5, 0.6) is 0 Å². The third-order valence-corrected chi connectivity index (χ3v) is 4.01. The van der Waals surface area contributed by atoms with Gasteiger partial charge >= 0.3 is 0 Å². The lowest BCUT2D eigenvalue weighted by atomic mass is 10.1. The van der Waals surface area contributed by atoms with Crippen LogP contribution in [-0.4, -0.2) is 9.97 Å². The lowest BCUT2D eigenvalue weighted by molar-refractivity contribution is 0.536. The molecule has 5 heteroatoms. The zero-order valence-electron chi connectivity index (χ0n) is 10.9. The standard InChI is InChI=1S/C13H18N4S/c1-8-5-4-6-11(15-8)12(17-14)7-13-16-9(2)10(3)18-13/h4-6,12,17H,7,14H2,1-3H3. The van der Waals surface area contributed by atoms with Gasteiger partial charge in [0.15, 0.2) is 0 Å². The summed E-state index contributed by atoms with van der Waals surface area (Å²) in [4.78, 5) is 10.3. The van der Waals surface area contributed by atoms with Crippen LogP contribution in [-0.2, 0) is 6.42 Å². The average molecular weight is 262 g/mol. The number of aryl methyl sites for hydroxylation is 3. The van der Waals surface area contributed by atoms with Crippen molar-refractivity contribution in [2.45, 2.75) is 33.2 Å². The van der Waals surface area contributed by atoms with Gasteiger partial charge in [-0.2, -0.15) is 0 Å². The van der Waals surface area contributed by atoms with Gasteiger partial charge in [0.25, 0.3) is 0 Å². The van der Waals surface area contributed by atoms with Gasteiger partial charge in [-0.3, -0.25) is 16.3 Å². The first-order valence-electron chi connectivity index (χ1n) is 5.92. The van der Waals surface area contributed by atoms with Crippen LogP contribution in [0.25, 0.3) is 0 Å². The summed E-state index contributed by atoms with van der Waals surface area (Å²) in [7, 11) is 0. The Bertz CT molecular complexity index is 516. The number of nitrogens with two attached hydrogens (primary N) is 1. The summed E-state index contributed by atoms with van der Waals surface area (Å²) in [5.41, 5.74) is 5.89. The topological polar surface area (TPSA) is 63.8 Å². The van der Waals surface area contributed by atoms with E-state index in [1.807, 2.05) is 32.0 Å². The number of hydrazine groups is 1. The van der Waals surface area contributed by atoms with E-state index in [1.165, 1.54) is 4.88 Å². The predicted molar refractivity (Wildman–Crippen MR) is 74.3 cm³/mol. The fourth-order valence-corrected chi connectivity index (χ4v) is 2.79. The molecule has 0 spiro atoms. The average Bonchev–Trinajstić information content (AvgIpc) is 2.65. The largest absolute Gasteiger partial charge is 0.271 e. The Balaban J connectivity index is 2.19. The minimum absolute atomic E-state index is 0.00912. The van der Waals surface area contributed by atoms with Gasteiger partial charge in [0.1, 0.15) is 0 Å². The first-order valence-corrected chi connectivity index (χ1v) is 6.74. The summed E-state index contributed by atoms with van der Waals surface area (Å²) in [6, 6.07) is 5.98. The summed E-state index contributed by atoms with van der Waals surface area (Å²) in [5.74, 6) is 5.63. The van der Waals surface area contributed by atoms with Crippen molar-refractivity contribution in [1.29, 1.82) is 0 Å². The Labute approximate surface area is 111 Å². The molecule has 2 aromatic rings. The van der Waals surface area contributed by atoms with Crippen molar-refractivity contribution in [2.75, 3.05) is 0 Å². The minimum Gasteiger partial charge on any atom is -0.271 e. The van der Waals surface area contributed by atoms with Crippen LogP contribution in [0.1, 0.15) is 33.0 Å². The van der Waals surface area contributed by atoms with Crippen molar-refractivity contribution < 1.29 is 0 Å². The Kier molecular flexibility index (Phi) is 4.06. The summed E-state index contributed by atoms with van der Waals surface area (Å²) in [5, 5.41) is 1.09. The minimum atomic E-state index is 0.00912. The van der Waals surface area contributed by atoms with Gasteiger partial charge in [0, 0.05) is 17.0 Å². The first kappa shape index (κ1) is 13.1. The van der Waals surface area contributed by atoms with Crippen LogP contribution in [0.15, 0.2) is 18.2 Å². The number of nitrogens with one attached hydrogen (secondary N) is 1. The van der Waals surface area contributed by atoms with Crippen molar-refractivity contribution in [2.24, 2.45) is 5.84 Å². The number of hydrogen-bond donors (Lipinski definition) is 2. The Morgan fingerprint density at radius 2 is 2.06 bits per heavy atom. The highest BCUT2D eigenvalue weighted by atomic mass is 32.1. The summed E-state index contributed by atoms with van der Waals surface area (Å²) >= 11 is 1.72. The van der Waals surface area contributed by atoms with Gasteiger partial charge in [-0.15, -0.1) is 11.3 Å². The Morgan fingerprint density at radius 3 is 2.61 bits per heavy atom. The van der Waals surface area contributed by atoms with Crippen LogP contribution < -0.4 is 11.3 Å². The molecule has 0 aliphatic heterocycles. The number of nitrogens with zero attached hydrogens (tertiary/aromatic N) is 2. The molecule has 0 aromatic carbocycles. The molecule has 0 saturated heterocycles. The first-order chi connectivity index (χ1) is 8.60. The summed E-state index contributed by atoms with van der Waals surface area (Å²) < 4.78 is 0. The number of hydrogen-bond acceptors (Lipinski definition) is 5. The van der Waals surface area contributed by atoms with Crippen molar-refractivity contribution in [1.82, 2.24) is 15.4 Å². The number of rotatable bonds is 4. The maximum Gasteiger partial charge on any atom is 0.0950 e. The highest BCUT2D eigenvalue weighted by molar-refractivity contribution is 7.11. The second-order valence-corrected chi connectivity index (χ2v) is 5.66. The molecule has 2 aromatic heterocycles. The molecule has 96 valence electrons. The summed E-state index contributed by atoms with van der Waals surface area (Å²) in [6.07, 6.45) is 0.770. The Hall–Kier alpha value is -1.30. The van der Waals surface area contributed by atoms with Crippen molar-refractivity contribution >= 4 is 11.3 Å². The molecule has 2 heterocycles. The number of thiazole rings is 1. The molecule has 4 nitrogen and oxygen atoms in total. The molecule has 18 heavy (non-hydrogen) atoms. The highest BCUT2D eigenvalue weighted by Crippen LogP contribution is 2.22. The van der Waals surface area contributed by atoms with Gasteiger partial charge in [0.2, 0.25) is 0 Å². The third-order valence-electron chi connectivity index (χ3n) is 2.92. The molecule has 0 saturated carbocycles. The van der Waals surface area contributed by atoms with E-state index < -0.39 is 0 Å². The molecule has 2 rings (SSSR count). The van der Waals surface area contributed by atoms with E-state index in [0.717, 1.165) is 28.5 Å². The van der Waals surface area contributed by atoms with Crippen LogP contribution in [0.2, 0.25) is 0 Å². The van der Waals surface area contributed by atoms with Crippen LogP contribution >= 0.6 is 11.3 Å². The quantitative estimate of drug-likeness (QED) is 0.655. The second kappa shape index (κ2) is 5.56. The highest BCUT2D eigenvalue weighted by Gasteiger charge is 2.15. The van der Waals surface area contributed by atoms with Gasteiger partial charge < -0.3 is 0 Å². The predicted octanol–water partition coefficient (Wildman–Crippen LogP) is 2.21. The number of pyridine rings is 1. The molecule has 1 atom stereocenters. The molecule has 3 N–H and O–H groups in total. The molecular weight excluding hydrogens is 244 g/mol. The van der Waals surface area contributed by atoms with Gasteiger partial charge in [-0.1, -0.05) is 6.07 Å².